The van der Waals surface area contributed by atoms with Crippen LogP contribution in [0.15, 0.2) is 12.3 Å². The SMILES string of the molecule is Cc1cnc(N(CCC(C)C)CCC(C)C)c(N)c1. The smallest absolute Gasteiger partial charge is 0.151 e. The fraction of sp³-hybridized carbons (Fsp3) is 0.688. The molecule has 0 aromatic carbocycles. The van der Waals surface area contributed by atoms with Crippen LogP contribution in [0, 0.1) is 18.8 Å². The van der Waals surface area contributed by atoms with E-state index in [0.29, 0.717) is 11.8 Å². The largest absolute Gasteiger partial charge is 0.396 e. The summed E-state index contributed by atoms with van der Waals surface area (Å²) >= 11 is 0. The third-order valence-electron chi connectivity index (χ3n) is 3.28. The van der Waals surface area contributed by atoms with Gasteiger partial charge >= 0.3 is 0 Å². The number of anilines is 2. The highest BCUT2D eigenvalue weighted by Gasteiger charge is 2.12. The molecule has 0 saturated carbocycles. The van der Waals surface area contributed by atoms with Crippen LogP contribution in [0.4, 0.5) is 11.5 Å². The Bertz CT molecular complexity index is 374. The van der Waals surface area contributed by atoms with E-state index in [1.165, 1.54) is 12.8 Å². The van der Waals surface area contributed by atoms with Gasteiger partial charge in [-0.1, -0.05) is 27.7 Å². The van der Waals surface area contributed by atoms with Gasteiger partial charge in [-0.3, -0.25) is 0 Å². The van der Waals surface area contributed by atoms with E-state index in [1.807, 2.05) is 19.2 Å². The predicted octanol–water partition coefficient (Wildman–Crippen LogP) is 3.87. The molecule has 1 aromatic rings. The van der Waals surface area contributed by atoms with Crippen molar-refractivity contribution in [3.05, 3.63) is 17.8 Å². The third-order valence-corrected chi connectivity index (χ3v) is 3.28. The van der Waals surface area contributed by atoms with Gasteiger partial charge in [0.1, 0.15) is 0 Å². The van der Waals surface area contributed by atoms with Crippen LogP contribution in [0.2, 0.25) is 0 Å². The Morgan fingerprint density at radius 2 is 1.63 bits per heavy atom. The van der Waals surface area contributed by atoms with Gasteiger partial charge in [0.05, 0.1) is 5.69 Å². The summed E-state index contributed by atoms with van der Waals surface area (Å²) in [6.45, 7) is 13.1. The average Bonchev–Trinajstić information content (AvgIpc) is 2.30. The zero-order chi connectivity index (χ0) is 14.4. The van der Waals surface area contributed by atoms with E-state index in [9.17, 15) is 0 Å². The molecule has 0 amide bonds. The van der Waals surface area contributed by atoms with Crippen molar-refractivity contribution in [2.45, 2.75) is 47.5 Å². The van der Waals surface area contributed by atoms with Crippen molar-refractivity contribution in [1.82, 2.24) is 4.98 Å². The molecule has 1 aromatic heterocycles. The molecule has 3 nitrogen and oxygen atoms in total. The average molecular weight is 263 g/mol. The number of nitrogen functional groups attached to an aromatic ring is 1. The maximum Gasteiger partial charge on any atom is 0.151 e. The molecule has 3 heteroatoms. The quantitative estimate of drug-likeness (QED) is 0.812. The number of aromatic nitrogens is 1. The van der Waals surface area contributed by atoms with Crippen molar-refractivity contribution in [2.75, 3.05) is 23.7 Å². The van der Waals surface area contributed by atoms with Crippen molar-refractivity contribution in [3.8, 4) is 0 Å². The lowest BCUT2D eigenvalue weighted by atomic mass is 10.1. The summed E-state index contributed by atoms with van der Waals surface area (Å²) in [5, 5.41) is 0. The Kier molecular flexibility index (Phi) is 6.13. The van der Waals surface area contributed by atoms with E-state index in [1.54, 1.807) is 0 Å². The van der Waals surface area contributed by atoms with Crippen LogP contribution < -0.4 is 10.6 Å². The minimum absolute atomic E-state index is 0.702. The molecule has 0 radical (unpaired) electrons. The first-order chi connectivity index (χ1) is 8.90. The molecule has 0 saturated heterocycles. The maximum absolute atomic E-state index is 6.13. The Labute approximate surface area is 118 Å². The molecule has 0 fully saturated rings. The van der Waals surface area contributed by atoms with Crippen LogP contribution in [0.3, 0.4) is 0 Å². The Morgan fingerprint density at radius 1 is 1.11 bits per heavy atom. The van der Waals surface area contributed by atoms with Gasteiger partial charge in [-0.15, -0.1) is 0 Å². The fourth-order valence-electron chi connectivity index (χ4n) is 2.00. The van der Waals surface area contributed by atoms with E-state index in [0.717, 1.165) is 30.2 Å². The predicted molar refractivity (Wildman–Crippen MR) is 84.5 cm³/mol. The van der Waals surface area contributed by atoms with Crippen molar-refractivity contribution in [1.29, 1.82) is 0 Å². The highest BCUT2D eigenvalue weighted by Crippen LogP contribution is 2.22. The molecular weight excluding hydrogens is 234 g/mol. The Hall–Kier alpha value is -1.25. The van der Waals surface area contributed by atoms with Gasteiger partial charge in [-0.05, 0) is 43.2 Å². The third kappa shape index (κ3) is 5.50. The second-order valence-electron chi connectivity index (χ2n) is 6.28. The summed E-state index contributed by atoms with van der Waals surface area (Å²) in [7, 11) is 0. The lowest BCUT2D eigenvalue weighted by molar-refractivity contribution is 0.533. The topological polar surface area (TPSA) is 42.2 Å². The minimum atomic E-state index is 0.702. The molecule has 0 aliphatic carbocycles. The highest BCUT2D eigenvalue weighted by atomic mass is 15.2. The van der Waals surface area contributed by atoms with Crippen molar-refractivity contribution >= 4 is 11.5 Å². The summed E-state index contributed by atoms with van der Waals surface area (Å²) in [6, 6.07) is 2.01. The number of aryl methyl sites for hydroxylation is 1. The molecule has 0 spiro atoms. The second-order valence-corrected chi connectivity index (χ2v) is 6.28. The van der Waals surface area contributed by atoms with E-state index in [4.69, 9.17) is 5.73 Å². The van der Waals surface area contributed by atoms with Gasteiger partial charge in [0, 0.05) is 19.3 Å². The van der Waals surface area contributed by atoms with Crippen molar-refractivity contribution in [3.63, 3.8) is 0 Å². The van der Waals surface area contributed by atoms with Gasteiger partial charge in [0.15, 0.2) is 5.82 Å². The number of pyridine rings is 1. The number of hydrogen-bond acceptors (Lipinski definition) is 3. The van der Waals surface area contributed by atoms with E-state index >= 15 is 0 Å². The molecule has 108 valence electrons. The molecule has 0 aliphatic heterocycles. The fourth-order valence-corrected chi connectivity index (χ4v) is 2.00. The van der Waals surface area contributed by atoms with Crippen LogP contribution in [-0.4, -0.2) is 18.1 Å². The maximum atomic E-state index is 6.13. The van der Waals surface area contributed by atoms with Gasteiger partial charge in [-0.2, -0.15) is 0 Å². The number of hydrogen-bond donors (Lipinski definition) is 1. The molecule has 2 N–H and O–H groups in total. The molecule has 0 aliphatic rings. The first kappa shape index (κ1) is 15.8. The van der Waals surface area contributed by atoms with Gasteiger partial charge in [-0.25, -0.2) is 4.98 Å². The summed E-state index contributed by atoms with van der Waals surface area (Å²) < 4.78 is 0. The normalized spacial score (nSPS) is 11.3. The van der Waals surface area contributed by atoms with Crippen molar-refractivity contribution < 1.29 is 0 Å². The van der Waals surface area contributed by atoms with Crippen LogP contribution in [0.1, 0.15) is 46.1 Å². The van der Waals surface area contributed by atoms with Gasteiger partial charge in [0.2, 0.25) is 0 Å². The molecule has 0 bridgehead atoms. The molecule has 1 heterocycles. The van der Waals surface area contributed by atoms with Crippen LogP contribution in [0.25, 0.3) is 0 Å². The summed E-state index contributed by atoms with van der Waals surface area (Å²) in [4.78, 5) is 6.88. The van der Waals surface area contributed by atoms with E-state index in [2.05, 4.69) is 37.6 Å². The zero-order valence-electron chi connectivity index (χ0n) is 13.1. The molecular formula is C16H29N3. The van der Waals surface area contributed by atoms with E-state index < -0.39 is 0 Å². The summed E-state index contributed by atoms with van der Waals surface area (Å²) in [5.74, 6) is 2.35. The monoisotopic (exact) mass is 263 g/mol. The van der Waals surface area contributed by atoms with Crippen LogP contribution >= 0.6 is 0 Å². The summed E-state index contributed by atoms with van der Waals surface area (Å²) in [6.07, 6.45) is 4.25. The number of nitrogens with zero attached hydrogens (tertiary/aromatic N) is 2. The first-order valence-electron chi connectivity index (χ1n) is 7.37. The first-order valence-corrected chi connectivity index (χ1v) is 7.37. The van der Waals surface area contributed by atoms with Gasteiger partial charge < -0.3 is 10.6 Å². The molecule has 0 unspecified atom stereocenters. The molecule has 1 rings (SSSR count). The molecule has 0 atom stereocenters. The van der Waals surface area contributed by atoms with E-state index in [-0.39, 0.29) is 0 Å². The lowest BCUT2D eigenvalue weighted by Crippen LogP contribution is -2.29. The Morgan fingerprint density at radius 3 is 2.05 bits per heavy atom. The molecule has 19 heavy (non-hydrogen) atoms. The lowest BCUT2D eigenvalue weighted by Gasteiger charge is -2.26. The van der Waals surface area contributed by atoms with Crippen molar-refractivity contribution in [2.24, 2.45) is 11.8 Å². The Balaban J connectivity index is 2.81. The van der Waals surface area contributed by atoms with Gasteiger partial charge in [0.25, 0.3) is 0 Å². The number of rotatable bonds is 7. The van der Waals surface area contributed by atoms with Crippen LogP contribution in [0.5, 0.6) is 0 Å². The second kappa shape index (κ2) is 7.37. The number of nitrogens with two attached hydrogens (primary N) is 1. The highest BCUT2D eigenvalue weighted by molar-refractivity contribution is 5.63. The summed E-state index contributed by atoms with van der Waals surface area (Å²) in [5.41, 5.74) is 8.05. The standard InChI is InChI=1S/C16H29N3/c1-12(2)6-8-19(9-7-13(3)4)16-15(17)10-14(5)11-18-16/h10-13H,6-9,17H2,1-5H3. The minimum Gasteiger partial charge on any atom is -0.396 e. The zero-order valence-corrected chi connectivity index (χ0v) is 13.1. The van der Waals surface area contributed by atoms with Crippen LogP contribution in [-0.2, 0) is 0 Å².